The number of hydrogen-bond acceptors (Lipinski definition) is 6. The maximum Gasteiger partial charge on any atom is 0.355 e. The molecule has 3 rings (SSSR count). The average molecular weight is 433 g/mol. The second kappa shape index (κ2) is 9.57. The topological polar surface area (TPSA) is 77.8 Å². The number of ether oxygens (including phenoxy) is 2. The normalized spacial score (nSPS) is 15.9. The summed E-state index contributed by atoms with van der Waals surface area (Å²) in [6.07, 6.45) is 1.77. The van der Waals surface area contributed by atoms with Gasteiger partial charge in [0.15, 0.2) is 5.78 Å². The zero-order valence-corrected chi connectivity index (χ0v) is 18.7. The van der Waals surface area contributed by atoms with Crippen molar-refractivity contribution in [3.63, 3.8) is 0 Å². The van der Waals surface area contributed by atoms with Crippen LogP contribution in [0.15, 0.2) is 17.5 Å². The highest BCUT2D eigenvalue weighted by Crippen LogP contribution is 2.24. The Morgan fingerprint density at radius 3 is 2.70 bits per heavy atom. The van der Waals surface area contributed by atoms with E-state index in [0.29, 0.717) is 40.5 Å². The molecule has 7 nitrogen and oxygen atoms in total. The maximum absolute atomic E-state index is 13.3. The van der Waals surface area contributed by atoms with Crippen LogP contribution in [0.2, 0.25) is 0 Å². The van der Waals surface area contributed by atoms with Crippen molar-refractivity contribution in [2.75, 3.05) is 26.3 Å². The Kier molecular flexibility index (Phi) is 7.10. The molecular formula is C22H28N2O5S. The number of ketones is 1. The Bertz CT molecular complexity index is 926. The van der Waals surface area contributed by atoms with E-state index in [1.165, 1.54) is 11.3 Å². The Morgan fingerprint density at radius 2 is 2.10 bits per heavy atom. The molecular weight excluding hydrogens is 404 g/mol. The fourth-order valence-corrected chi connectivity index (χ4v) is 4.63. The van der Waals surface area contributed by atoms with Crippen LogP contribution in [0.1, 0.15) is 61.5 Å². The van der Waals surface area contributed by atoms with Crippen molar-refractivity contribution < 1.29 is 23.9 Å². The molecule has 8 heteroatoms. The van der Waals surface area contributed by atoms with Gasteiger partial charge in [0.25, 0.3) is 5.91 Å². The molecule has 0 bridgehead atoms. The number of nitrogens with zero attached hydrogens (tertiary/aromatic N) is 2. The molecule has 0 aromatic carbocycles. The van der Waals surface area contributed by atoms with Gasteiger partial charge in [0.05, 0.1) is 24.1 Å². The van der Waals surface area contributed by atoms with Crippen LogP contribution in [0.3, 0.4) is 0 Å². The maximum atomic E-state index is 13.3. The van der Waals surface area contributed by atoms with Crippen molar-refractivity contribution >= 4 is 29.0 Å². The lowest BCUT2D eigenvalue weighted by atomic mass is 10.0. The zero-order valence-electron chi connectivity index (χ0n) is 17.9. The molecule has 0 N–H and O–H groups in total. The van der Waals surface area contributed by atoms with Gasteiger partial charge in [0, 0.05) is 31.5 Å². The zero-order chi connectivity index (χ0) is 21.8. The lowest BCUT2D eigenvalue weighted by molar-refractivity contribution is 0.0508. The minimum absolute atomic E-state index is 0.0604. The van der Waals surface area contributed by atoms with E-state index in [2.05, 4.69) is 0 Å². The van der Waals surface area contributed by atoms with Gasteiger partial charge in [0.2, 0.25) is 0 Å². The van der Waals surface area contributed by atoms with Crippen LogP contribution < -0.4 is 0 Å². The third-order valence-corrected chi connectivity index (χ3v) is 6.34. The highest BCUT2D eigenvalue weighted by Gasteiger charge is 2.30. The van der Waals surface area contributed by atoms with E-state index in [1.807, 2.05) is 11.4 Å². The van der Waals surface area contributed by atoms with Crippen molar-refractivity contribution in [2.24, 2.45) is 7.05 Å². The quantitative estimate of drug-likeness (QED) is 0.472. The average Bonchev–Trinajstić information content (AvgIpc) is 3.44. The van der Waals surface area contributed by atoms with E-state index in [1.54, 1.807) is 43.4 Å². The number of carbonyl (C=O) groups is 3. The van der Waals surface area contributed by atoms with E-state index < -0.39 is 5.97 Å². The minimum Gasteiger partial charge on any atom is -0.461 e. The van der Waals surface area contributed by atoms with Gasteiger partial charge in [-0.05, 0) is 50.6 Å². The second-order valence-electron chi connectivity index (χ2n) is 7.43. The number of Topliss-reactive ketones (excluding diaryl/α,β-unsaturated/α-hetero) is 1. The summed E-state index contributed by atoms with van der Waals surface area (Å²) in [6.45, 7) is 6.54. The third kappa shape index (κ3) is 4.49. The number of rotatable bonds is 8. The van der Waals surface area contributed by atoms with Crippen molar-refractivity contribution in [1.29, 1.82) is 0 Å². The lowest BCUT2D eigenvalue weighted by Gasteiger charge is -2.24. The largest absolute Gasteiger partial charge is 0.461 e. The Hall–Kier alpha value is -2.45. The van der Waals surface area contributed by atoms with Crippen molar-refractivity contribution in [3.8, 4) is 0 Å². The lowest BCUT2D eigenvalue weighted by Crippen LogP contribution is -2.40. The molecule has 1 atom stereocenters. The van der Waals surface area contributed by atoms with Gasteiger partial charge >= 0.3 is 5.97 Å². The van der Waals surface area contributed by atoms with Crippen LogP contribution in [0, 0.1) is 13.8 Å². The van der Waals surface area contributed by atoms with E-state index in [9.17, 15) is 14.4 Å². The molecule has 1 fully saturated rings. The summed E-state index contributed by atoms with van der Waals surface area (Å²) in [6, 6.07) is 3.58. The Labute approximate surface area is 180 Å². The highest BCUT2D eigenvalue weighted by molar-refractivity contribution is 7.12. The Morgan fingerprint density at radius 1 is 1.33 bits per heavy atom. The summed E-state index contributed by atoms with van der Waals surface area (Å²) in [5, 5.41) is 1.84. The molecule has 0 radical (unpaired) electrons. The fourth-order valence-electron chi connectivity index (χ4n) is 3.94. The summed E-state index contributed by atoms with van der Waals surface area (Å²) in [4.78, 5) is 40.9. The van der Waals surface area contributed by atoms with Crippen LogP contribution in [-0.4, -0.2) is 59.5 Å². The molecule has 30 heavy (non-hydrogen) atoms. The molecule has 1 amide bonds. The van der Waals surface area contributed by atoms with Gasteiger partial charge in [-0.3, -0.25) is 9.59 Å². The van der Waals surface area contributed by atoms with Crippen LogP contribution in [0.25, 0.3) is 0 Å². The first-order valence-electron chi connectivity index (χ1n) is 10.2. The monoisotopic (exact) mass is 432 g/mol. The number of aromatic nitrogens is 1. The number of thiophene rings is 1. The van der Waals surface area contributed by atoms with E-state index in [4.69, 9.17) is 9.47 Å². The van der Waals surface area contributed by atoms with Gasteiger partial charge < -0.3 is 18.9 Å². The molecule has 1 aliphatic heterocycles. The predicted octanol–water partition coefficient (Wildman–Crippen LogP) is 3.38. The third-order valence-electron chi connectivity index (χ3n) is 5.48. The summed E-state index contributed by atoms with van der Waals surface area (Å²) in [5.41, 5.74) is 2.10. The van der Waals surface area contributed by atoms with E-state index >= 15 is 0 Å². The molecule has 1 aliphatic rings. The van der Waals surface area contributed by atoms with E-state index in [-0.39, 0.29) is 30.9 Å². The van der Waals surface area contributed by atoms with Gasteiger partial charge in [-0.25, -0.2) is 4.79 Å². The van der Waals surface area contributed by atoms with E-state index in [0.717, 1.165) is 12.8 Å². The van der Waals surface area contributed by atoms with Gasteiger partial charge in [-0.2, -0.15) is 0 Å². The fraction of sp³-hybridized carbons (Fsp3) is 0.500. The van der Waals surface area contributed by atoms with Crippen LogP contribution in [0.4, 0.5) is 0 Å². The number of carbonyl (C=O) groups excluding carboxylic acids is 3. The molecule has 0 unspecified atom stereocenters. The first kappa shape index (κ1) is 22.2. The number of hydrogen-bond donors (Lipinski definition) is 0. The molecule has 0 aliphatic carbocycles. The van der Waals surface area contributed by atoms with Crippen molar-refractivity contribution in [3.05, 3.63) is 44.9 Å². The number of amides is 1. The summed E-state index contributed by atoms with van der Waals surface area (Å²) >= 11 is 1.35. The molecule has 1 saturated heterocycles. The SMILES string of the molecule is CCOC(=O)c1c(C)c(C(=O)CN(C[C@H]2CCCO2)C(=O)c2cccs2)c(C)n1C. The highest BCUT2D eigenvalue weighted by atomic mass is 32.1. The molecule has 3 heterocycles. The molecule has 2 aromatic rings. The van der Waals surface area contributed by atoms with Crippen LogP contribution in [-0.2, 0) is 16.5 Å². The summed E-state index contributed by atoms with van der Waals surface area (Å²) < 4.78 is 12.5. The molecule has 0 spiro atoms. The molecule has 2 aromatic heterocycles. The van der Waals surface area contributed by atoms with Crippen molar-refractivity contribution in [2.45, 2.75) is 39.7 Å². The second-order valence-corrected chi connectivity index (χ2v) is 8.38. The molecule has 162 valence electrons. The summed E-state index contributed by atoms with van der Waals surface area (Å²) in [5.74, 6) is -0.824. The van der Waals surface area contributed by atoms with Crippen LogP contribution in [0.5, 0.6) is 0 Å². The number of esters is 1. The smallest absolute Gasteiger partial charge is 0.355 e. The van der Waals surface area contributed by atoms with Gasteiger partial charge in [-0.15, -0.1) is 11.3 Å². The standard InChI is InChI=1S/C22H28N2O5S/c1-5-28-22(27)20-14(2)19(15(3)23(20)4)17(25)13-24(12-16-8-6-10-29-16)21(26)18-9-7-11-30-18/h7,9,11,16H,5-6,8,10,12-13H2,1-4H3/t16-/m1/s1. The first-order valence-corrected chi connectivity index (χ1v) is 11.0. The van der Waals surface area contributed by atoms with Gasteiger partial charge in [-0.1, -0.05) is 6.07 Å². The Balaban J connectivity index is 1.87. The molecule has 0 saturated carbocycles. The predicted molar refractivity (Wildman–Crippen MR) is 114 cm³/mol. The van der Waals surface area contributed by atoms with Crippen molar-refractivity contribution in [1.82, 2.24) is 9.47 Å². The van der Waals surface area contributed by atoms with Gasteiger partial charge in [0.1, 0.15) is 5.69 Å². The first-order chi connectivity index (χ1) is 14.3. The van der Waals surface area contributed by atoms with Crippen LogP contribution >= 0.6 is 11.3 Å². The minimum atomic E-state index is -0.453. The summed E-state index contributed by atoms with van der Waals surface area (Å²) in [7, 11) is 1.74.